The first-order chi connectivity index (χ1) is 7.08. The van der Waals surface area contributed by atoms with E-state index < -0.39 is 0 Å². The van der Waals surface area contributed by atoms with Crippen LogP contribution in [0.4, 0.5) is 5.13 Å². The van der Waals surface area contributed by atoms with Gasteiger partial charge in [-0.2, -0.15) is 0 Å². The van der Waals surface area contributed by atoms with Crippen LogP contribution in [-0.4, -0.2) is 4.98 Å². The summed E-state index contributed by atoms with van der Waals surface area (Å²) in [7, 11) is 0. The predicted molar refractivity (Wildman–Crippen MR) is 67.0 cm³/mol. The average molecular weight is 280 g/mol. The Labute approximate surface area is 106 Å². The third-order valence-corrected chi connectivity index (χ3v) is 3.52. The summed E-state index contributed by atoms with van der Waals surface area (Å²) >= 11 is 19.1. The van der Waals surface area contributed by atoms with Crippen LogP contribution < -0.4 is 5.73 Å². The topological polar surface area (TPSA) is 38.9 Å². The Hall–Kier alpha value is -0.480. The second-order valence-corrected chi connectivity index (χ2v) is 4.93. The summed E-state index contributed by atoms with van der Waals surface area (Å²) in [5, 5.41) is 3.69. The molecule has 0 saturated carbocycles. The molecule has 0 aliphatic carbocycles. The number of halogens is 3. The van der Waals surface area contributed by atoms with Crippen LogP contribution in [0.2, 0.25) is 15.1 Å². The van der Waals surface area contributed by atoms with Gasteiger partial charge >= 0.3 is 0 Å². The summed E-state index contributed by atoms with van der Waals surface area (Å²) in [5.41, 5.74) is 6.98. The monoisotopic (exact) mass is 278 g/mol. The maximum absolute atomic E-state index is 6.03. The van der Waals surface area contributed by atoms with E-state index in [2.05, 4.69) is 4.98 Å². The van der Waals surface area contributed by atoms with Gasteiger partial charge in [-0.05, 0) is 12.1 Å². The van der Waals surface area contributed by atoms with E-state index in [4.69, 9.17) is 40.5 Å². The number of aromatic nitrogens is 1. The van der Waals surface area contributed by atoms with Crippen LogP contribution in [0.25, 0.3) is 11.3 Å². The predicted octanol–water partition coefficient (Wildman–Crippen LogP) is 4.35. The summed E-state index contributed by atoms with van der Waals surface area (Å²) in [6, 6.07) is 3.27. The molecule has 0 spiro atoms. The third-order valence-electron chi connectivity index (χ3n) is 1.81. The smallest absolute Gasteiger partial charge is 0.180 e. The number of hydrogen-bond acceptors (Lipinski definition) is 3. The van der Waals surface area contributed by atoms with E-state index in [0.717, 1.165) is 5.56 Å². The molecule has 78 valence electrons. The van der Waals surface area contributed by atoms with Gasteiger partial charge in [-0.3, -0.25) is 0 Å². The second kappa shape index (κ2) is 4.18. The summed E-state index contributed by atoms with van der Waals surface area (Å²) in [4.78, 5) is 4.12. The van der Waals surface area contributed by atoms with Gasteiger partial charge in [0.25, 0.3) is 0 Å². The van der Waals surface area contributed by atoms with Crippen molar-refractivity contribution in [1.82, 2.24) is 4.98 Å². The van der Waals surface area contributed by atoms with Crippen molar-refractivity contribution in [2.75, 3.05) is 5.73 Å². The van der Waals surface area contributed by atoms with Crippen molar-refractivity contribution in [1.29, 1.82) is 0 Å². The Kier molecular flexibility index (Phi) is 3.07. The van der Waals surface area contributed by atoms with E-state index in [1.54, 1.807) is 12.1 Å². The Bertz CT molecular complexity index is 510. The normalized spacial score (nSPS) is 10.6. The molecule has 0 saturated heterocycles. The minimum atomic E-state index is 0.425. The minimum absolute atomic E-state index is 0.425. The van der Waals surface area contributed by atoms with Crippen molar-refractivity contribution in [3.05, 3.63) is 32.6 Å². The van der Waals surface area contributed by atoms with Crippen LogP contribution in [0.5, 0.6) is 0 Å². The molecule has 0 unspecified atom stereocenters. The highest BCUT2D eigenvalue weighted by Gasteiger charge is 2.10. The van der Waals surface area contributed by atoms with Gasteiger partial charge in [0.05, 0.1) is 20.8 Å². The van der Waals surface area contributed by atoms with E-state index in [0.29, 0.717) is 25.9 Å². The van der Waals surface area contributed by atoms with Gasteiger partial charge in [0.15, 0.2) is 5.13 Å². The number of benzene rings is 1. The summed E-state index contributed by atoms with van der Waals surface area (Å²) in [6.07, 6.45) is 0. The van der Waals surface area contributed by atoms with E-state index in [9.17, 15) is 0 Å². The van der Waals surface area contributed by atoms with Crippen LogP contribution in [0.1, 0.15) is 0 Å². The lowest BCUT2D eigenvalue weighted by Gasteiger charge is -2.03. The highest BCUT2D eigenvalue weighted by atomic mass is 35.5. The molecule has 0 amide bonds. The molecule has 0 fully saturated rings. The van der Waals surface area contributed by atoms with Crippen molar-refractivity contribution in [2.45, 2.75) is 0 Å². The van der Waals surface area contributed by atoms with Crippen molar-refractivity contribution in [3.63, 3.8) is 0 Å². The highest BCUT2D eigenvalue weighted by Crippen LogP contribution is 2.35. The van der Waals surface area contributed by atoms with Crippen molar-refractivity contribution in [3.8, 4) is 11.3 Å². The molecule has 1 aromatic carbocycles. The first-order valence-corrected chi connectivity index (χ1v) is 5.95. The summed E-state index contributed by atoms with van der Waals surface area (Å²) in [5.74, 6) is 0. The first kappa shape index (κ1) is 11.0. The average Bonchev–Trinajstić information content (AvgIpc) is 2.58. The van der Waals surface area contributed by atoms with E-state index in [1.807, 2.05) is 5.38 Å². The molecule has 1 heterocycles. The SMILES string of the molecule is Nc1nc(-c2cc(Cl)c(Cl)cc2Cl)cs1. The van der Waals surface area contributed by atoms with Crippen LogP contribution in [0, 0.1) is 0 Å². The lowest BCUT2D eigenvalue weighted by molar-refractivity contribution is 1.41. The van der Waals surface area contributed by atoms with Gasteiger partial charge < -0.3 is 5.73 Å². The lowest BCUT2D eigenvalue weighted by atomic mass is 10.2. The molecule has 0 radical (unpaired) electrons. The quantitative estimate of drug-likeness (QED) is 0.788. The summed E-state index contributed by atoms with van der Waals surface area (Å²) < 4.78 is 0. The number of rotatable bonds is 1. The van der Waals surface area contributed by atoms with Crippen molar-refractivity contribution < 1.29 is 0 Å². The largest absolute Gasteiger partial charge is 0.375 e. The zero-order valence-corrected chi connectivity index (χ0v) is 10.4. The number of thiazole rings is 1. The van der Waals surface area contributed by atoms with Crippen LogP contribution in [0.3, 0.4) is 0 Å². The van der Waals surface area contributed by atoms with Crippen LogP contribution >= 0.6 is 46.1 Å². The van der Waals surface area contributed by atoms with Gasteiger partial charge in [0.2, 0.25) is 0 Å². The molecule has 6 heteroatoms. The van der Waals surface area contributed by atoms with Crippen LogP contribution in [-0.2, 0) is 0 Å². The molecule has 0 bridgehead atoms. The lowest BCUT2D eigenvalue weighted by Crippen LogP contribution is -1.84. The van der Waals surface area contributed by atoms with E-state index >= 15 is 0 Å². The highest BCUT2D eigenvalue weighted by molar-refractivity contribution is 7.13. The fourth-order valence-electron chi connectivity index (χ4n) is 1.13. The Balaban J connectivity index is 2.58. The molecule has 15 heavy (non-hydrogen) atoms. The molecular weight excluding hydrogens is 275 g/mol. The molecule has 2 rings (SSSR count). The molecule has 0 atom stereocenters. The number of anilines is 1. The van der Waals surface area contributed by atoms with E-state index in [1.165, 1.54) is 11.3 Å². The fraction of sp³-hybridized carbons (Fsp3) is 0. The number of nitrogen functional groups attached to an aromatic ring is 1. The van der Waals surface area contributed by atoms with Gasteiger partial charge in [-0.15, -0.1) is 11.3 Å². The molecular formula is C9H5Cl3N2S. The first-order valence-electron chi connectivity index (χ1n) is 3.94. The third kappa shape index (κ3) is 2.21. The number of nitrogens with zero attached hydrogens (tertiary/aromatic N) is 1. The zero-order valence-electron chi connectivity index (χ0n) is 7.30. The summed E-state index contributed by atoms with van der Waals surface area (Å²) in [6.45, 7) is 0. The van der Waals surface area contributed by atoms with Crippen molar-refractivity contribution in [2.24, 2.45) is 0 Å². The number of hydrogen-bond donors (Lipinski definition) is 1. The molecule has 1 aromatic heterocycles. The van der Waals surface area contributed by atoms with Gasteiger partial charge in [0, 0.05) is 10.9 Å². The number of nitrogens with two attached hydrogens (primary N) is 1. The van der Waals surface area contributed by atoms with Crippen LogP contribution in [0.15, 0.2) is 17.5 Å². The Morgan fingerprint density at radius 3 is 2.33 bits per heavy atom. The Morgan fingerprint density at radius 1 is 1.07 bits per heavy atom. The maximum Gasteiger partial charge on any atom is 0.180 e. The molecule has 2 nitrogen and oxygen atoms in total. The maximum atomic E-state index is 6.03. The van der Waals surface area contributed by atoms with Gasteiger partial charge in [-0.1, -0.05) is 34.8 Å². The van der Waals surface area contributed by atoms with Crippen molar-refractivity contribution >= 4 is 51.3 Å². The standard InChI is InChI=1S/C9H5Cl3N2S/c10-5-2-7(12)6(11)1-4(5)8-3-15-9(13)14-8/h1-3H,(H2,13,14). The molecule has 2 N–H and O–H groups in total. The molecule has 2 aromatic rings. The van der Waals surface area contributed by atoms with Gasteiger partial charge in [-0.25, -0.2) is 4.98 Å². The molecule has 0 aliphatic rings. The van der Waals surface area contributed by atoms with E-state index in [-0.39, 0.29) is 0 Å². The zero-order chi connectivity index (χ0) is 11.0. The van der Waals surface area contributed by atoms with Gasteiger partial charge in [0.1, 0.15) is 0 Å². The fourth-order valence-corrected chi connectivity index (χ4v) is 2.34. The second-order valence-electron chi connectivity index (χ2n) is 2.82. The molecule has 0 aliphatic heterocycles. The Morgan fingerprint density at radius 2 is 1.73 bits per heavy atom. The minimum Gasteiger partial charge on any atom is -0.375 e.